The van der Waals surface area contributed by atoms with Gasteiger partial charge in [-0.15, -0.1) is 0 Å². The fraction of sp³-hybridized carbons (Fsp3) is 0.182. The van der Waals surface area contributed by atoms with E-state index in [1.54, 1.807) is 0 Å². The van der Waals surface area contributed by atoms with Crippen molar-refractivity contribution in [1.82, 2.24) is 9.88 Å². The Morgan fingerprint density at radius 2 is 1.91 bits per heavy atom. The third-order valence-electron chi connectivity index (χ3n) is 5.13. The van der Waals surface area contributed by atoms with Crippen molar-refractivity contribution in [2.75, 3.05) is 13.1 Å². The van der Waals surface area contributed by atoms with Crippen LogP contribution in [-0.4, -0.2) is 46.7 Å². The molecule has 3 aromatic rings. The van der Waals surface area contributed by atoms with Gasteiger partial charge in [-0.25, -0.2) is 13.2 Å². The Balaban J connectivity index is 1.53. The molecular weight excluding hydrogens is 423 g/mol. The molecule has 0 bridgehead atoms. The molecule has 10 heteroatoms. The highest BCUT2D eigenvalue weighted by molar-refractivity contribution is 6.38. The summed E-state index contributed by atoms with van der Waals surface area (Å²) in [6.45, 7) is -0.585. The van der Waals surface area contributed by atoms with Crippen LogP contribution < -0.4 is 11.4 Å². The number of carbonyl (C=O) groups excluding carboxylic acids is 1. The molecule has 0 aliphatic carbocycles. The monoisotopic (exact) mass is 441 g/mol. The Morgan fingerprint density at radius 3 is 2.56 bits per heavy atom. The van der Waals surface area contributed by atoms with E-state index in [9.17, 15) is 22.8 Å². The van der Waals surface area contributed by atoms with Crippen LogP contribution in [0, 0.1) is 5.82 Å². The van der Waals surface area contributed by atoms with Gasteiger partial charge in [-0.1, -0.05) is 0 Å². The molecule has 4 rings (SSSR count). The van der Waals surface area contributed by atoms with Crippen LogP contribution >= 0.6 is 0 Å². The summed E-state index contributed by atoms with van der Waals surface area (Å²) in [4.78, 5) is 32.7. The molecular formula is C22H18F3N5O2. The van der Waals surface area contributed by atoms with E-state index in [0.717, 1.165) is 4.90 Å². The standard InChI is InChI=1S/C22H18F3N5O2/c23-15-3-6-18-14(9-15)10-17(20(31)28-18)19(29-26)11-27-16-4-1-13(2-5-16)21(32)30-8-7-22(24,25)12-30/h1-6,9-11H,7-8,12,26H2,(H,28,31). The number of pyridine rings is 1. The lowest BCUT2D eigenvalue weighted by Crippen LogP contribution is -2.31. The van der Waals surface area contributed by atoms with E-state index < -0.39 is 29.8 Å². The first-order chi connectivity index (χ1) is 15.3. The van der Waals surface area contributed by atoms with Crippen molar-refractivity contribution in [3.63, 3.8) is 0 Å². The molecule has 0 unspecified atom stereocenters. The highest BCUT2D eigenvalue weighted by Gasteiger charge is 2.40. The summed E-state index contributed by atoms with van der Waals surface area (Å²) in [7, 11) is 0. The van der Waals surface area contributed by atoms with Crippen LogP contribution in [0.2, 0.25) is 0 Å². The highest BCUT2D eigenvalue weighted by Crippen LogP contribution is 2.28. The molecule has 3 N–H and O–H groups in total. The van der Waals surface area contributed by atoms with Gasteiger partial charge < -0.3 is 15.7 Å². The van der Waals surface area contributed by atoms with Crippen LogP contribution in [0.3, 0.4) is 0 Å². The van der Waals surface area contributed by atoms with Gasteiger partial charge in [0, 0.05) is 29.4 Å². The van der Waals surface area contributed by atoms with Crippen molar-refractivity contribution >= 4 is 34.4 Å². The van der Waals surface area contributed by atoms with Crippen LogP contribution in [0.4, 0.5) is 18.9 Å². The zero-order chi connectivity index (χ0) is 22.9. The number of rotatable bonds is 4. The Bertz CT molecular complexity index is 1300. The van der Waals surface area contributed by atoms with E-state index in [0.29, 0.717) is 16.6 Å². The summed E-state index contributed by atoms with van der Waals surface area (Å²) in [6.07, 6.45) is 0.927. The third-order valence-corrected chi connectivity index (χ3v) is 5.13. The first-order valence-corrected chi connectivity index (χ1v) is 9.68. The Morgan fingerprint density at radius 1 is 1.16 bits per heavy atom. The first-order valence-electron chi connectivity index (χ1n) is 9.68. The van der Waals surface area contributed by atoms with E-state index >= 15 is 0 Å². The summed E-state index contributed by atoms with van der Waals surface area (Å²) in [5, 5.41) is 4.06. The van der Waals surface area contributed by atoms with Crippen LogP contribution in [0.25, 0.3) is 10.9 Å². The topological polar surface area (TPSA) is 104 Å². The maximum absolute atomic E-state index is 13.5. The SMILES string of the molecule is NN=C(C=Nc1ccc(C(=O)N2CCC(F)(F)C2)cc1)c1cc2cc(F)ccc2[nH]c1=O. The number of hydrogen-bond acceptors (Lipinski definition) is 5. The van der Waals surface area contributed by atoms with Crippen LogP contribution in [-0.2, 0) is 0 Å². The molecule has 1 saturated heterocycles. The second-order valence-corrected chi connectivity index (χ2v) is 7.40. The fourth-order valence-electron chi connectivity index (χ4n) is 3.46. The van der Waals surface area contributed by atoms with Gasteiger partial charge in [0.1, 0.15) is 11.5 Å². The number of aromatic nitrogens is 1. The fourth-order valence-corrected chi connectivity index (χ4v) is 3.46. The lowest BCUT2D eigenvalue weighted by atomic mass is 10.1. The summed E-state index contributed by atoms with van der Waals surface area (Å²) >= 11 is 0. The quantitative estimate of drug-likeness (QED) is 0.369. The number of fused-ring (bicyclic) bond motifs is 1. The predicted octanol–water partition coefficient (Wildman–Crippen LogP) is 3.21. The molecule has 1 aliphatic rings. The van der Waals surface area contributed by atoms with Gasteiger partial charge in [0.2, 0.25) is 0 Å². The molecule has 1 aliphatic heterocycles. The average molecular weight is 441 g/mol. The predicted molar refractivity (Wildman–Crippen MR) is 115 cm³/mol. The number of aromatic amines is 1. The molecule has 2 heterocycles. The van der Waals surface area contributed by atoms with Gasteiger partial charge in [0.15, 0.2) is 0 Å². The molecule has 0 spiro atoms. The van der Waals surface area contributed by atoms with Crippen LogP contribution in [0.1, 0.15) is 22.3 Å². The number of benzene rings is 2. The summed E-state index contributed by atoms with van der Waals surface area (Å²) in [6, 6.07) is 11.5. The zero-order valence-corrected chi connectivity index (χ0v) is 16.7. The number of hydrogen-bond donors (Lipinski definition) is 2. The van der Waals surface area contributed by atoms with Crippen LogP contribution in [0.5, 0.6) is 0 Å². The Hall–Kier alpha value is -3.95. The number of hydrazone groups is 1. The molecule has 1 aromatic heterocycles. The van der Waals surface area contributed by atoms with Crippen molar-refractivity contribution in [3.05, 3.63) is 75.8 Å². The third kappa shape index (κ3) is 4.39. The number of nitrogens with two attached hydrogens (primary N) is 1. The number of aliphatic imine (C=N–C) groups is 1. The van der Waals surface area contributed by atoms with Gasteiger partial charge >= 0.3 is 0 Å². The highest BCUT2D eigenvalue weighted by atomic mass is 19.3. The lowest BCUT2D eigenvalue weighted by molar-refractivity contribution is 0.0120. The maximum atomic E-state index is 13.5. The number of nitrogens with zero attached hydrogens (tertiary/aromatic N) is 3. The minimum Gasteiger partial charge on any atom is -0.332 e. The normalized spacial score (nSPS) is 16.2. The zero-order valence-electron chi connectivity index (χ0n) is 16.7. The number of halogens is 3. The van der Waals surface area contributed by atoms with Crippen molar-refractivity contribution in [3.8, 4) is 0 Å². The van der Waals surface area contributed by atoms with E-state index in [4.69, 9.17) is 5.84 Å². The van der Waals surface area contributed by atoms with E-state index in [2.05, 4.69) is 15.1 Å². The minimum absolute atomic E-state index is 0.00622. The minimum atomic E-state index is -2.86. The lowest BCUT2D eigenvalue weighted by Gasteiger charge is -2.16. The van der Waals surface area contributed by atoms with E-state index in [-0.39, 0.29) is 29.8 Å². The molecule has 1 fully saturated rings. The van der Waals surface area contributed by atoms with Gasteiger partial charge in [-0.05, 0) is 48.5 Å². The molecule has 7 nitrogen and oxygen atoms in total. The van der Waals surface area contributed by atoms with E-state index in [1.165, 1.54) is 54.7 Å². The van der Waals surface area contributed by atoms with Crippen molar-refractivity contribution in [2.45, 2.75) is 12.3 Å². The molecule has 0 atom stereocenters. The molecule has 32 heavy (non-hydrogen) atoms. The van der Waals surface area contributed by atoms with Crippen molar-refractivity contribution < 1.29 is 18.0 Å². The number of carbonyl (C=O) groups is 1. The van der Waals surface area contributed by atoms with Gasteiger partial charge in [-0.3, -0.25) is 14.6 Å². The van der Waals surface area contributed by atoms with Crippen molar-refractivity contribution in [1.29, 1.82) is 0 Å². The number of likely N-dealkylation sites (tertiary alicyclic amines) is 1. The number of nitrogens with one attached hydrogen (secondary N) is 1. The summed E-state index contributed by atoms with van der Waals surface area (Å²) in [5.74, 6) is 1.64. The summed E-state index contributed by atoms with van der Waals surface area (Å²) < 4.78 is 40.2. The second kappa shape index (κ2) is 8.29. The van der Waals surface area contributed by atoms with Crippen LogP contribution in [0.15, 0.2) is 63.4 Å². The largest absolute Gasteiger partial charge is 0.332 e. The molecule has 164 valence electrons. The second-order valence-electron chi connectivity index (χ2n) is 7.40. The van der Waals surface area contributed by atoms with Crippen molar-refractivity contribution in [2.24, 2.45) is 15.9 Å². The molecule has 0 radical (unpaired) electrons. The Labute approximate surface area is 180 Å². The first kappa shape index (κ1) is 21.3. The smallest absolute Gasteiger partial charge is 0.267 e. The van der Waals surface area contributed by atoms with E-state index in [1.807, 2.05) is 0 Å². The summed E-state index contributed by atoms with van der Waals surface area (Å²) in [5.41, 5.74) is 0.862. The average Bonchev–Trinajstić information content (AvgIpc) is 3.14. The maximum Gasteiger partial charge on any atom is 0.267 e. The molecule has 1 amide bonds. The number of amides is 1. The molecule has 2 aromatic carbocycles. The van der Waals surface area contributed by atoms with Gasteiger partial charge in [0.25, 0.3) is 17.4 Å². The van der Waals surface area contributed by atoms with Gasteiger partial charge in [0.05, 0.1) is 24.0 Å². The van der Waals surface area contributed by atoms with Gasteiger partial charge in [-0.2, -0.15) is 5.10 Å². The Kier molecular flexibility index (Phi) is 5.52. The number of H-pyrrole nitrogens is 1. The molecule has 0 saturated carbocycles. The number of alkyl halides is 2.